The maximum absolute atomic E-state index is 12.1. The van der Waals surface area contributed by atoms with Gasteiger partial charge in [0.1, 0.15) is 0 Å². The minimum atomic E-state index is 0. The summed E-state index contributed by atoms with van der Waals surface area (Å²) in [5.41, 5.74) is 0. The summed E-state index contributed by atoms with van der Waals surface area (Å²) in [5, 5.41) is 9.09. The van der Waals surface area contributed by atoms with Gasteiger partial charge in [0.25, 0.3) is 0 Å². The van der Waals surface area contributed by atoms with Crippen molar-refractivity contribution < 1.29 is 4.79 Å². The number of guanidine groups is 1. The topological polar surface area (TPSA) is 56.7 Å². The van der Waals surface area contributed by atoms with Crippen molar-refractivity contribution in [3.63, 3.8) is 0 Å². The van der Waals surface area contributed by atoms with Gasteiger partial charge in [-0.2, -0.15) is 0 Å². The lowest BCUT2D eigenvalue weighted by molar-refractivity contribution is -0.135. The second-order valence-electron chi connectivity index (χ2n) is 7.24. The third-order valence-corrected chi connectivity index (χ3v) is 5.51. The van der Waals surface area contributed by atoms with Gasteiger partial charge in [0.05, 0.1) is 0 Å². The van der Waals surface area contributed by atoms with E-state index in [0.29, 0.717) is 12.0 Å². The second kappa shape index (κ2) is 11.8. The van der Waals surface area contributed by atoms with E-state index >= 15 is 0 Å². The van der Waals surface area contributed by atoms with Crippen LogP contribution in [0.2, 0.25) is 0 Å². The Balaban J connectivity index is 0.00000338. The van der Waals surface area contributed by atoms with Gasteiger partial charge in [0, 0.05) is 43.5 Å². The largest absolute Gasteiger partial charge is 0.356 e. The van der Waals surface area contributed by atoms with Crippen LogP contribution in [0.25, 0.3) is 0 Å². The molecule has 0 bridgehead atoms. The molecule has 1 aliphatic heterocycles. The third-order valence-electron chi connectivity index (χ3n) is 4.61. The molecular weight excluding hydrogens is 459 g/mol. The highest BCUT2D eigenvalue weighted by atomic mass is 127. The number of halogens is 1. The van der Waals surface area contributed by atoms with Gasteiger partial charge >= 0.3 is 0 Å². The third kappa shape index (κ3) is 7.42. The number of nitrogens with zero attached hydrogens (tertiary/aromatic N) is 2. The van der Waals surface area contributed by atoms with E-state index in [9.17, 15) is 4.79 Å². The maximum atomic E-state index is 12.1. The number of carbonyl (C=O) groups is 1. The van der Waals surface area contributed by atoms with E-state index in [1.165, 1.54) is 4.88 Å². The normalized spacial score (nSPS) is 17.0. The number of hydrogen-bond acceptors (Lipinski definition) is 3. The summed E-state index contributed by atoms with van der Waals surface area (Å²) in [6, 6.07) is 4.69. The lowest BCUT2D eigenvalue weighted by atomic mass is 10.0. The molecule has 1 aromatic heterocycles. The Kier molecular flexibility index (Phi) is 10.5. The van der Waals surface area contributed by atoms with Gasteiger partial charge in [-0.05, 0) is 36.6 Å². The van der Waals surface area contributed by atoms with E-state index in [-0.39, 0.29) is 35.8 Å². The molecule has 0 saturated carbocycles. The van der Waals surface area contributed by atoms with Crippen molar-refractivity contribution in [2.75, 3.05) is 26.7 Å². The fraction of sp³-hybridized carbons (Fsp3) is 0.684. The molecule has 1 aromatic rings. The van der Waals surface area contributed by atoms with Crippen LogP contribution in [-0.2, 0) is 11.2 Å². The summed E-state index contributed by atoms with van der Waals surface area (Å²) in [6.45, 7) is 8.77. The van der Waals surface area contributed by atoms with Crippen molar-refractivity contribution >= 4 is 47.2 Å². The molecular formula is C19H33IN4OS. The van der Waals surface area contributed by atoms with Crippen molar-refractivity contribution in [3.8, 4) is 0 Å². The molecule has 2 rings (SSSR count). The van der Waals surface area contributed by atoms with Crippen LogP contribution >= 0.6 is 35.3 Å². The molecule has 1 fully saturated rings. The quantitative estimate of drug-likeness (QED) is 0.364. The van der Waals surface area contributed by atoms with E-state index in [1.807, 2.05) is 37.1 Å². The van der Waals surface area contributed by atoms with Gasteiger partial charge in [-0.1, -0.05) is 26.8 Å². The molecule has 1 saturated heterocycles. The van der Waals surface area contributed by atoms with Crippen molar-refractivity contribution in [2.45, 2.75) is 46.1 Å². The van der Waals surface area contributed by atoms with E-state index < -0.39 is 0 Å². The number of nitrogens with one attached hydrogen (secondary N) is 2. The van der Waals surface area contributed by atoms with Gasteiger partial charge in [-0.15, -0.1) is 35.3 Å². The van der Waals surface area contributed by atoms with E-state index in [4.69, 9.17) is 0 Å². The average Bonchev–Trinajstić information content (AvgIpc) is 3.11. The molecule has 1 unspecified atom stereocenters. The van der Waals surface area contributed by atoms with Crippen LogP contribution < -0.4 is 10.6 Å². The molecule has 148 valence electrons. The van der Waals surface area contributed by atoms with E-state index in [2.05, 4.69) is 40.1 Å². The van der Waals surface area contributed by atoms with Crippen LogP contribution in [-0.4, -0.2) is 49.5 Å². The van der Waals surface area contributed by atoms with Gasteiger partial charge in [0.15, 0.2) is 5.96 Å². The molecule has 1 amide bonds. The first kappa shape index (κ1) is 23.2. The SMILES string of the molecule is CN=C(NCC(C)Cc1cccs1)NC1CCN(C(=O)C(C)C)CC1.I. The Hall–Kier alpha value is -0.830. The average molecular weight is 492 g/mol. The zero-order valence-electron chi connectivity index (χ0n) is 16.3. The zero-order chi connectivity index (χ0) is 18.2. The van der Waals surface area contributed by atoms with Crippen molar-refractivity contribution in [1.82, 2.24) is 15.5 Å². The molecule has 0 spiro atoms. The molecule has 0 aromatic carbocycles. The number of thiophene rings is 1. The number of carbonyl (C=O) groups excluding carboxylic acids is 1. The van der Waals surface area contributed by atoms with Crippen molar-refractivity contribution in [3.05, 3.63) is 22.4 Å². The summed E-state index contributed by atoms with van der Waals surface area (Å²) in [7, 11) is 1.82. The predicted molar refractivity (Wildman–Crippen MR) is 122 cm³/mol. The zero-order valence-corrected chi connectivity index (χ0v) is 19.5. The first-order valence-electron chi connectivity index (χ1n) is 9.28. The van der Waals surface area contributed by atoms with Crippen LogP contribution in [0, 0.1) is 11.8 Å². The smallest absolute Gasteiger partial charge is 0.225 e. The first-order chi connectivity index (χ1) is 12.0. The van der Waals surface area contributed by atoms with Crippen LogP contribution in [0.5, 0.6) is 0 Å². The highest BCUT2D eigenvalue weighted by molar-refractivity contribution is 14.0. The standard InChI is InChI=1S/C19H32N4OS.HI/c1-14(2)18(24)23-9-7-16(8-10-23)22-19(20-4)21-13-15(3)12-17-6-5-11-25-17;/h5-6,11,14-16H,7-10,12-13H2,1-4H3,(H2,20,21,22);1H. The van der Waals surface area contributed by atoms with E-state index in [1.54, 1.807) is 0 Å². The fourth-order valence-electron chi connectivity index (χ4n) is 3.11. The Morgan fingerprint density at radius 1 is 1.35 bits per heavy atom. The summed E-state index contributed by atoms with van der Waals surface area (Å²) in [5.74, 6) is 1.78. The Morgan fingerprint density at radius 3 is 2.58 bits per heavy atom. The number of likely N-dealkylation sites (tertiary alicyclic amines) is 1. The summed E-state index contributed by atoms with van der Waals surface area (Å²) in [4.78, 5) is 19.8. The monoisotopic (exact) mass is 492 g/mol. The molecule has 0 aliphatic carbocycles. The fourth-order valence-corrected chi connectivity index (χ4v) is 3.98. The lowest BCUT2D eigenvalue weighted by Crippen LogP contribution is -2.50. The van der Waals surface area contributed by atoms with Crippen LogP contribution in [0.3, 0.4) is 0 Å². The molecule has 1 aliphatic rings. The van der Waals surface area contributed by atoms with Crippen molar-refractivity contribution in [1.29, 1.82) is 0 Å². The number of rotatable bonds is 6. The predicted octanol–water partition coefficient (Wildman–Crippen LogP) is 3.36. The molecule has 26 heavy (non-hydrogen) atoms. The maximum Gasteiger partial charge on any atom is 0.225 e. The minimum Gasteiger partial charge on any atom is -0.356 e. The Morgan fingerprint density at radius 2 is 2.04 bits per heavy atom. The highest BCUT2D eigenvalue weighted by Gasteiger charge is 2.24. The van der Waals surface area contributed by atoms with Gasteiger partial charge in [-0.25, -0.2) is 0 Å². The molecule has 7 heteroatoms. The first-order valence-corrected chi connectivity index (χ1v) is 10.2. The van der Waals surface area contributed by atoms with Gasteiger partial charge in [0.2, 0.25) is 5.91 Å². The highest BCUT2D eigenvalue weighted by Crippen LogP contribution is 2.15. The summed E-state index contributed by atoms with van der Waals surface area (Å²) < 4.78 is 0. The van der Waals surface area contributed by atoms with Crippen LogP contribution in [0.15, 0.2) is 22.5 Å². The number of hydrogen-bond donors (Lipinski definition) is 2. The minimum absolute atomic E-state index is 0. The Labute approximate surface area is 179 Å². The molecule has 2 heterocycles. The number of piperidine rings is 1. The van der Waals surface area contributed by atoms with Crippen LogP contribution in [0.1, 0.15) is 38.5 Å². The van der Waals surface area contributed by atoms with Gasteiger partial charge in [-0.3, -0.25) is 9.79 Å². The molecule has 1 atom stereocenters. The van der Waals surface area contributed by atoms with Crippen LogP contribution in [0.4, 0.5) is 0 Å². The summed E-state index contributed by atoms with van der Waals surface area (Å²) >= 11 is 1.82. The molecule has 5 nitrogen and oxygen atoms in total. The van der Waals surface area contributed by atoms with Crippen molar-refractivity contribution in [2.24, 2.45) is 16.8 Å². The van der Waals surface area contributed by atoms with E-state index in [0.717, 1.165) is 44.9 Å². The second-order valence-corrected chi connectivity index (χ2v) is 8.27. The molecule has 2 N–H and O–H groups in total. The number of aliphatic imine (C=N–C) groups is 1. The summed E-state index contributed by atoms with van der Waals surface area (Å²) in [6.07, 6.45) is 3.05. The number of amides is 1. The molecule has 0 radical (unpaired) electrons. The lowest BCUT2D eigenvalue weighted by Gasteiger charge is -2.34. The van der Waals surface area contributed by atoms with Gasteiger partial charge < -0.3 is 15.5 Å². The Bertz CT molecular complexity index is 554.